The van der Waals surface area contributed by atoms with E-state index in [2.05, 4.69) is 16.2 Å². The van der Waals surface area contributed by atoms with E-state index in [4.69, 9.17) is 15.6 Å². The van der Waals surface area contributed by atoms with Crippen molar-refractivity contribution in [3.8, 4) is 11.8 Å². The van der Waals surface area contributed by atoms with E-state index in [1.807, 2.05) is 44.2 Å². The van der Waals surface area contributed by atoms with E-state index in [-0.39, 0.29) is 81.1 Å². The Morgan fingerprint density at radius 1 is 1.03 bits per heavy atom. The minimum atomic E-state index is -5.38. The molecule has 3 aliphatic heterocycles. The van der Waals surface area contributed by atoms with Crippen LogP contribution < -0.4 is 9.84 Å². The Morgan fingerprint density at radius 2 is 1.81 bits per heavy atom. The molecule has 0 radical (unpaired) electrons. The molecule has 63 heavy (non-hydrogen) atoms. The highest BCUT2D eigenvalue weighted by atomic mass is 32.2. The topological polar surface area (TPSA) is 150 Å². The molecule has 4 aromatic rings. The van der Waals surface area contributed by atoms with Crippen molar-refractivity contribution in [2.24, 2.45) is 11.8 Å². The molecule has 0 aliphatic carbocycles. The summed E-state index contributed by atoms with van der Waals surface area (Å²) >= 11 is 1.93. The Morgan fingerprint density at radius 3 is 2.56 bits per heavy atom. The summed E-state index contributed by atoms with van der Waals surface area (Å²) in [6, 6.07) is 20.5. The predicted molar refractivity (Wildman–Crippen MR) is 238 cm³/mol. The minimum absolute atomic E-state index is 0.0472. The van der Waals surface area contributed by atoms with Gasteiger partial charge in [-0.3, -0.25) is 23.7 Å². The highest BCUT2D eigenvalue weighted by Gasteiger charge is 2.57. The van der Waals surface area contributed by atoms with Gasteiger partial charge in [0.1, 0.15) is 17.8 Å². The molecule has 12 nitrogen and oxygen atoms in total. The fourth-order valence-electron chi connectivity index (χ4n) is 8.62. The molecule has 3 fully saturated rings. The molecule has 330 valence electrons. The second kappa shape index (κ2) is 19.7. The van der Waals surface area contributed by atoms with Crippen LogP contribution in [0.4, 0.5) is 14.5 Å². The number of thiophene rings is 1. The fraction of sp³-hybridized carbons (Fsp3) is 0.435. The van der Waals surface area contributed by atoms with Crippen LogP contribution in [0, 0.1) is 29.7 Å². The monoisotopic (exact) mass is 915 g/mol. The predicted octanol–water partition coefficient (Wildman–Crippen LogP) is 9.89. The lowest BCUT2D eigenvalue weighted by molar-refractivity contribution is -0.146. The van der Waals surface area contributed by atoms with Gasteiger partial charge in [-0.2, -0.15) is 14.0 Å². The second-order valence-electron chi connectivity index (χ2n) is 16.6. The van der Waals surface area contributed by atoms with E-state index < -0.39 is 43.4 Å². The molecule has 3 saturated heterocycles. The molecule has 3 aliphatic rings. The number of carbonyl (C=O) groups is 4. The van der Waals surface area contributed by atoms with E-state index in [0.29, 0.717) is 36.9 Å². The van der Waals surface area contributed by atoms with Gasteiger partial charge in [-0.05, 0) is 72.9 Å². The second-order valence-corrected chi connectivity index (χ2v) is 20.8. The first-order chi connectivity index (χ1) is 30.2. The van der Waals surface area contributed by atoms with Gasteiger partial charge < -0.3 is 19.6 Å². The summed E-state index contributed by atoms with van der Waals surface area (Å²) in [5, 5.41) is 12.9. The number of hydrogen-bond donors (Lipinski definition) is 1. The normalized spacial score (nSPS) is 22.4. The van der Waals surface area contributed by atoms with Crippen LogP contribution >= 0.6 is 30.7 Å². The number of carbonyl (C=O) groups excluding carboxylic acids is 4. The van der Waals surface area contributed by atoms with Crippen LogP contribution in [-0.2, 0) is 29.1 Å². The first-order valence-corrected chi connectivity index (χ1v) is 24.4. The van der Waals surface area contributed by atoms with Crippen LogP contribution in [0.3, 0.4) is 0 Å². The summed E-state index contributed by atoms with van der Waals surface area (Å²) in [5.41, 5.74) is -3.86. The van der Waals surface area contributed by atoms with Crippen molar-refractivity contribution in [2.45, 2.75) is 88.5 Å². The van der Waals surface area contributed by atoms with Crippen LogP contribution in [0.5, 0.6) is 5.75 Å². The van der Waals surface area contributed by atoms with Gasteiger partial charge in [-0.1, -0.05) is 87.0 Å². The van der Waals surface area contributed by atoms with Crippen molar-refractivity contribution < 1.29 is 41.6 Å². The Balaban J connectivity index is 1.07. The maximum absolute atomic E-state index is 16.6. The maximum Gasteiger partial charge on any atom is 0.453 e. The summed E-state index contributed by atoms with van der Waals surface area (Å²) in [6.07, 6.45) is 3.98. The number of halogens is 2. The molecule has 6 atom stereocenters. The van der Waals surface area contributed by atoms with Crippen LogP contribution in [0.15, 0.2) is 78.9 Å². The third-order valence-corrected chi connectivity index (χ3v) is 15.6. The SMILES string of the molecule is [C-]#[N+]c1cccc(OP(=O)(OCCSC(=O)CC(C)C)C(F)(F)c2ccc3sc(C(=O)N[C@H]4CCCC[C@H]5CC[C@@H](C(=O)N6C[C@@H](C#N)[C@H](c7ccccc7)C6)N5C4=O)cc3c2)c1. The van der Waals surface area contributed by atoms with Crippen LogP contribution in [0.2, 0.25) is 0 Å². The van der Waals surface area contributed by atoms with E-state index in [9.17, 15) is 29.0 Å². The summed E-state index contributed by atoms with van der Waals surface area (Å²) < 4.78 is 58.6. The number of thioether (sulfide) groups is 1. The number of fused-ring (bicyclic) bond motifs is 2. The van der Waals surface area contributed by atoms with Gasteiger partial charge in [0.2, 0.25) is 11.8 Å². The number of likely N-dealkylation sites (tertiary alicyclic amines) is 1. The lowest BCUT2D eigenvalue weighted by Gasteiger charge is -2.36. The van der Waals surface area contributed by atoms with Crippen LogP contribution in [0.25, 0.3) is 14.9 Å². The molecule has 17 heteroatoms. The minimum Gasteiger partial charge on any atom is -0.422 e. The third kappa shape index (κ3) is 10.2. The highest BCUT2D eigenvalue weighted by molar-refractivity contribution is 8.13. The van der Waals surface area contributed by atoms with E-state index in [1.165, 1.54) is 36.4 Å². The number of rotatable bonds is 14. The number of amides is 3. The zero-order chi connectivity index (χ0) is 44.9. The number of nitrogens with one attached hydrogen (secondary N) is 1. The van der Waals surface area contributed by atoms with Gasteiger partial charge in [-0.15, -0.1) is 11.3 Å². The standard InChI is InChI=1S/C46H48F2N5O7PS2/c1-29(2)22-42(54)62-21-20-59-61(58,60-36-14-9-12-34(25-36)50-3)46(47,48)33-16-19-40-31(23-33)24-41(63-40)43(55)51-38-15-8-7-13-35-17-18-39(53(35)44(38)56)45(57)52-27-32(26-49)37(28-52)30-10-5-4-6-11-30/h4-6,9-12,14,16,19,23-25,29,32,35,37-39H,7-8,13,15,17-18,20-22,27-28H2,1-2H3,(H,51,55)/t32-,35+,37+,38+,39+,61?/m1/s1. The average molecular weight is 916 g/mol. The molecule has 3 amide bonds. The zero-order valence-corrected chi connectivity index (χ0v) is 37.4. The van der Waals surface area contributed by atoms with Crippen molar-refractivity contribution in [3.63, 3.8) is 0 Å². The van der Waals surface area contributed by atoms with Gasteiger partial charge in [0, 0.05) is 47.5 Å². The molecule has 0 spiro atoms. The van der Waals surface area contributed by atoms with Gasteiger partial charge >= 0.3 is 13.3 Å². The Labute approximate surface area is 373 Å². The molecular formula is C46H48F2N5O7PS2. The average Bonchev–Trinajstić information content (AvgIpc) is 4.02. The summed E-state index contributed by atoms with van der Waals surface area (Å²) in [5.74, 6) is -1.85. The lowest BCUT2D eigenvalue weighted by Crippen LogP contribution is -2.56. The van der Waals surface area contributed by atoms with Crippen molar-refractivity contribution in [2.75, 3.05) is 25.4 Å². The molecule has 1 N–H and O–H groups in total. The quantitative estimate of drug-likeness (QED) is 0.0741. The largest absolute Gasteiger partial charge is 0.453 e. The van der Waals surface area contributed by atoms with Gasteiger partial charge in [-0.25, -0.2) is 9.41 Å². The van der Waals surface area contributed by atoms with Crippen molar-refractivity contribution in [1.82, 2.24) is 15.1 Å². The van der Waals surface area contributed by atoms with E-state index >= 15 is 8.78 Å². The highest BCUT2D eigenvalue weighted by Crippen LogP contribution is 2.66. The van der Waals surface area contributed by atoms with E-state index in [1.54, 1.807) is 9.80 Å². The molecule has 0 bridgehead atoms. The zero-order valence-electron chi connectivity index (χ0n) is 34.9. The van der Waals surface area contributed by atoms with Crippen LogP contribution in [0.1, 0.15) is 85.5 Å². The number of benzene rings is 3. The lowest BCUT2D eigenvalue weighted by atomic mass is 9.90. The molecule has 0 saturated carbocycles. The summed E-state index contributed by atoms with van der Waals surface area (Å²) in [7, 11) is -5.38. The molecule has 3 aromatic carbocycles. The summed E-state index contributed by atoms with van der Waals surface area (Å²) in [6.45, 7) is 11.2. The molecule has 4 heterocycles. The van der Waals surface area contributed by atoms with Gasteiger partial charge in [0.15, 0.2) is 10.8 Å². The van der Waals surface area contributed by atoms with Gasteiger partial charge in [0.05, 0.1) is 30.0 Å². The number of alkyl halides is 2. The molecular weight excluding hydrogens is 868 g/mol. The van der Waals surface area contributed by atoms with Crippen LogP contribution in [-0.4, -0.2) is 76.2 Å². The fourth-order valence-corrected chi connectivity index (χ4v) is 12.0. The maximum atomic E-state index is 16.6. The molecule has 1 unspecified atom stereocenters. The van der Waals surface area contributed by atoms with Crippen molar-refractivity contribution in [3.05, 3.63) is 106 Å². The van der Waals surface area contributed by atoms with Crippen molar-refractivity contribution >= 4 is 69.3 Å². The first kappa shape index (κ1) is 45.9. The smallest absolute Gasteiger partial charge is 0.422 e. The summed E-state index contributed by atoms with van der Waals surface area (Å²) in [4.78, 5) is 61.5. The van der Waals surface area contributed by atoms with Crippen molar-refractivity contribution in [1.29, 1.82) is 5.26 Å². The Kier molecular flexibility index (Phi) is 14.4. The number of nitrogens with zero attached hydrogens (tertiary/aromatic N) is 4. The molecule has 7 rings (SSSR count). The third-order valence-electron chi connectivity index (χ3n) is 11.7. The number of nitriles is 1. The van der Waals surface area contributed by atoms with E-state index in [0.717, 1.165) is 53.6 Å². The Bertz CT molecular complexity index is 2490. The first-order valence-electron chi connectivity index (χ1n) is 21.1. The Hall–Kier alpha value is -5.12. The number of hydrogen-bond acceptors (Lipinski definition) is 10. The molecule has 1 aromatic heterocycles. The van der Waals surface area contributed by atoms with Gasteiger partial charge in [0.25, 0.3) is 5.91 Å².